The van der Waals surface area contributed by atoms with Gasteiger partial charge in [-0.15, -0.1) is 24.0 Å². The number of aliphatic imine (C=N–C) groups is 1. The highest BCUT2D eigenvalue weighted by molar-refractivity contribution is 14.0. The molecule has 0 bridgehead atoms. The molecule has 1 aliphatic rings. The zero-order valence-corrected chi connectivity index (χ0v) is 11.4. The van der Waals surface area contributed by atoms with Crippen molar-refractivity contribution in [2.75, 3.05) is 6.54 Å². The Morgan fingerprint density at radius 2 is 2.12 bits per heavy atom. The molecule has 0 saturated heterocycles. The molecule has 5 heteroatoms. The van der Waals surface area contributed by atoms with Crippen LogP contribution in [0.3, 0.4) is 0 Å². The fourth-order valence-electron chi connectivity index (χ4n) is 2.02. The van der Waals surface area contributed by atoms with Crippen LogP contribution in [0.2, 0.25) is 0 Å². The molecule has 0 aromatic carbocycles. The molecule has 0 amide bonds. The second-order valence-corrected chi connectivity index (χ2v) is 4.09. The average molecular weight is 332 g/mol. The summed E-state index contributed by atoms with van der Waals surface area (Å²) in [6, 6.07) is 6.00. The summed E-state index contributed by atoms with van der Waals surface area (Å²) in [5.74, 6) is 0.164. The molecule has 0 radical (unpaired) electrons. The molecule has 4 N–H and O–H groups in total. The van der Waals surface area contributed by atoms with Crippen molar-refractivity contribution in [2.24, 2.45) is 16.5 Å². The van der Waals surface area contributed by atoms with Gasteiger partial charge in [0.25, 0.3) is 0 Å². The van der Waals surface area contributed by atoms with E-state index < -0.39 is 0 Å². The first-order valence-corrected chi connectivity index (χ1v) is 5.20. The summed E-state index contributed by atoms with van der Waals surface area (Å²) in [6.45, 7) is 0.659. The Kier molecular flexibility index (Phi) is 4.52. The summed E-state index contributed by atoms with van der Waals surface area (Å²) in [7, 11) is 0. The molecule has 1 fully saturated rings. The van der Waals surface area contributed by atoms with E-state index in [0.717, 1.165) is 18.5 Å². The van der Waals surface area contributed by atoms with Crippen LogP contribution in [0.4, 0.5) is 0 Å². The van der Waals surface area contributed by atoms with E-state index in [9.17, 15) is 0 Å². The Hall–Kier alpha value is -0.850. The minimum absolute atomic E-state index is 0. The molecule has 4 nitrogen and oxygen atoms in total. The molecule has 0 atom stereocenters. The first kappa shape index (κ1) is 13.2. The molecule has 1 aliphatic carbocycles. The number of nitrogens with zero attached hydrogens (tertiary/aromatic N) is 2. The number of guanidine groups is 1. The quantitative estimate of drug-likeness (QED) is 0.499. The van der Waals surface area contributed by atoms with Gasteiger partial charge < -0.3 is 11.5 Å². The van der Waals surface area contributed by atoms with Crippen LogP contribution in [0.1, 0.15) is 25.0 Å². The highest BCUT2D eigenvalue weighted by Gasteiger charge is 2.39. The lowest BCUT2D eigenvalue weighted by atomic mass is 9.66. The maximum atomic E-state index is 5.36. The maximum absolute atomic E-state index is 5.36. The molecular weight excluding hydrogens is 315 g/mol. The number of hydrogen-bond donors (Lipinski definition) is 2. The van der Waals surface area contributed by atoms with Gasteiger partial charge in [-0.1, -0.05) is 12.5 Å². The Balaban J connectivity index is 0.00000128. The normalized spacial score (nSPS) is 16.8. The van der Waals surface area contributed by atoms with Crippen molar-refractivity contribution in [3.8, 4) is 0 Å². The van der Waals surface area contributed by atoms with Crippen molar-refractivity contribution < 1.29 is 0 Å². The zero-order chi connectivity index (χ0) is 10.7. The fraction of sp³-hybridized carbons (Fsp3) is 0.455. The Morgan fingerprint density at radius 1 is 1.38 bits per heavy atom. The van der Waals surface area contributed by atoms with Crippen LogP contribution in [0.15, 0.2) is 29.4 Å². The molecule has 16 heavy (non-hydrogen) atoms. The Labute approximate surface area is 113 Å². The molecule has 88 valence electrons. The lowest BCUT2D eigenvalue weighted by Gasteiger charge is -2.40. The van der Waals surface area contributed by atoms with E-state index in [2.05, 4.69) is 16.0 Å². The van der Waals surface area contributed by atoms with E-state index in [-0.39, 0.29) is 35.4 Å². The summed E-state index contributed by atoms with van der Waals surface area (Å²) >= 11 is 0. The van der Waals surface area contributed by atoms with Crippen LogP contribution >= 0.6 is 24.0 Å². The van der Waals surface area contributed by atoms with Crippen LogP contribution in [0.5, 0.6) is 0 Å². The minimum Gasteiger partial charge on any atom is -0.370 e. The predicted octanol–water partition coefficient (Wildman–Crippen LogP) is 1.39. The SMILES string of the molecule is I.NC(N)=NCC1(c2ccccn2)CCC1. The van der Waals surface area contributed by atoms with Gasteiger partial charge in [-0.3, -0.25) is 9.98 Å². The number of pyridine rings is 1. The maximum Gasteiger partial charge on any atom is 0.185 e. The van der Waals surface area contributed by atoms with Gasteiger partial charge in [0, 0.05) is 17.3 Å². The molecule has 1 aromatic heterocycles. The van der Waals surface area contributed by atoms with Crippen molar-refractivity contribution in [1.29, 1.82) is 0 Å². The number of nitrogens with two attached hydrogens (primary N) is 2. The standard InChI is InChI=1S/C11H16N4.HI/c12-10(13)15-8-11(5-3-6-11)9-4-1-2-7-14-9;/h1-2,4,7H,3,5-6,8H2,(H4,12,13,15);1H. The summed E-state index contributed by atoms with van der Waals surface area (Å²) in [5, 5.41) is 0. The van der Waals surface area contributed by atoms with Crippen LogP contribution in [0.25, 0.3) is 0 Å². The van der Waals surface area contributed by atoms with Gasteiger partial charge in [-0.25, -0.2) is 0 Å². The first-order chi connectivity index (χ1) is 7.23. The fourth-order valence-corrected chi connectivity index (χ4v) is 2.02. The van der Waals surface area contributed by atoms with Crippen LogP contribution < -0.4 is 11.5 Å². The lowest BCUT2D eigenvalue weighted by molar-refractivity contribution is 0.246. The molecule has 0 aliphatic heterocycles. The molecule has 1 saturated carbocycles. The van der Waals surface area contributed by atoms with Gasteiger partial charge in [0.15, 0.2) is 5.96 Å². The van der Waals surface area contributed by atoms with E-state index in [1.54, 1.807) is 0 Å². The van der Waals surface area contributed by atoms with Gasteiger partial charge >= 0.3 is 0 Å². The van der Waals surface area contributed by atoms with Crippen molar-refractivity contribution in [3.63, 3.8) is 0 Å². The van der Waals surface area contributed by atoms with Gasteiger partial charge in [0.2, 0.25) is 0 Å². The molecule has 0 unspecified atom stereocenters. The predicted molar refractivity (Wildman–Crippen MR) is 75.9 cm³/mol. The summed E-state index contributed by atoms with van der Waals surface area (Å²) in [6.07, 6.45) is 5.31. The number of halogens is 1. The molecule has 1 heterocycles. The van der Waals surface area contributed by atoms with Crippen molar-refractivity contribution in [2.45, 2.75) is 24.7 Å². The molecular formula is C11H17IN4. The highest BCUT2D eigenvalue weighted by Crippen LogP contribution is 2.42. The third-order valence-electron chi connectivity index (χ3n) is 3.08. The Bertz CT molecular complexity index is 356. The zero-order valence-electron chi connectivity index (χ0n) is 9.10. The second-order valence-electron chi connectivity index (χ2n) is 4.09. The van der Waals surface area contributed by atoms with Crippen LogP contribution in [-0.2, 0) is 5.41 Å². The summed E-state index contributed by atoms with van der Waals surface area (Å²) in [5.41, 5.74) is 11.9. The molecule has 2 rings (SSSR count). The largest absolute Gasteiger partial charge is 0.370 e. The first-order valence-electron chi connectivity index (χ1n) is 5.20. The van der Waals surface area contributed by atoms with Gasteiger partial charge in [-0.05, 0) is 25.0 Å². The van der Waals surface area contributed by atoms with E-state index in [1.807, 2.05) is 18.3 Å². The second kappa shape index (κ2) is 5.47. The number of aromatic nitrogens is 1. The monoisotopic (exact) mass is 332 g/mol. The number of hydrogen-bond acceptors (Lipinski definition) is 2. The van der Waals surface area contributed by atoms with Crippen LogP contribution in [-0.4, -0.2) is 17.5 Å². The van der Waals surface area contributed by atoms with Crippen molar-refractivity contribution in [1.82, 2.24) is 4.98 Å². The van der Waals surface area contributed by atoms with Gasteiger partial charge in [0.05, 0.1) is 6.54 Å². The molecule has 0 spiro atoms. The van der Waals surface area contributed by atoms with E-state index in [4.69, 9.17) is 11.5 Å². The van der Waals surface area contributed by atoms with Crippen molar-refractivity contribution >= 4 is 29.9 Å². The van der Waals surface area contributed by atoms with E-state index in [1.165, 1.54) is 6.42 Å². The topological polar surface area (TPSA) is 77.3 Å². The van der Waals surface area contributed by atoms with Crippen molar-refractivity contribution in [3.05, 3.63) is 30.1 Å². The summed E-state index contributed by atoms with van der Waals surface area (Å²) in [4.78, 5) is 8.53. The minimum atomic E-state index is 0. The lowest BCUT2D eigenvalue weighted by Crippen LogP contribution is -2.39. The third kappa shape index (κ3) is 2.63. The highest BCUT2D eigenvalue weighted by atomic mass is 127. The average Bonchev–Trinajstić information content (AvgIpc) is 2.17. The summed E-state index contributed by atoms with van der Waals surface area (Å²) < 4.78 is 0. The third-order valence-corrected chi connectivity index (χ3v) is 3.08. The van der Waals surface area contributed by atoms with Gasteiger partial charge in [-0.2, -0.15) is 0 Å². The van der Waals surface area contributed by atoms with Gasteiger partial charge in [0.1, 0.15) is 0 Å². The van der Waals surface area contributed by atoms with E-state index in [0.29, 0.717) is 6.54 Å². The number of rotatable bonds is 3. The van der Waals surface area contributed by atoms with E-state index >= 15 is 0 Å². The smallest absolute Gasteiger partial charge is 0.185 e. The van der Waals surface area contributed by atoms with Crippen LogP contribution in [0, 0.1) is 0 Å². The Morgan fingerprint density at radius 3 is 2.56 bits per heavy atom. The molecule has 1 aromatic rings.